The number of aryl methyl sites for hydroxylation is 3. The molecule has 0 aromatic heterocycles. The lowest BCUT2D eigenvalue weighted by Gasteiger charge is -2.08. The number of amides is 1. The van der Waals surface area contributed by atoms with Crippen molar-refractivity contribution >= 4 is 11.6 Å². The van der Waals surface area contributed by atoms with Gasteiger partial charge in [0, 0.05) is 5.56 Å². The van der Waals surface area contributed by atoms with Crippen LogP contribution >= 0.6 is 0 Å². The summed E-state index contributed by atoms with van der Waals surface area (Å²) in [6.45, 7) is 7.87. The number of carbonyl (C=O) groups is 1. The molecule has 4 heteroatoms. The highest BCUT2D eigenvalue weighted by atomic mass is 16.5. The molecular weight excluding hydrogens is 288 g/mol. The van der Waals surface area contributed by atoms with Gasteiger partial charge in [0.1, 0.15) is 5.75 Å². The zero-order valence-corrected chi connectivity index (χ0v) is 14.0. The number of rotatable bonds is 5. The number of nitrogens with zero attached hydrogens (tertiary/aromatic N) is 1. The highest BCUT2D eigenvalue weighted by Crippen LogP contribution is 2.16. The number of carbonyl (C=O) groups excluding carboxylic acids is 1. The topological polar surface area (TPSA) is 50.7 Å². The maximum atomic E-state index is 11.8. The van der Waals surface area contributed by atoms with Gasteiger partial charge in [-0.25, -0.2) is 5.43 Å². The fourth-order valence-corrected chi connectivity index (χ4v) is 2.17. The SMILES string of the molecule is C/C(=N/NC(=O)COc1ccc(C)c(C)c1)c1ccccc1C. The first-order valence-corrected chi connectivity index (χ1v) is 7.56. The van der Waals surface area contributed by atoms with Gasteiger partial charge in [0.2, 0.25) is 0 Å². The number of ether oxygens (including phenoxy) is 1. The highest BCUT2D eigenvalue weighted by molar-refractivity contribution is 6.00. The molecule has 4 nitrogen and oxygen atoms in total. The Hall–Kier alpha value is -2.62. The van der Waals surface area contributed by atoms with Crippen molar-refractivity contribution in [1.82, 2.24) is 5.43 Å². The normalized spacial score (nSPS) is 11.2. The van der Waals surface area contributed by atoms with Gasteiger partial charge < -0.3 is 4.74 Å². The lowest BCUT2D eigenvalue weighted by molar-refractivity contribution is -0.123. The molecule has 0 unspecified atom stereocenters. The second-order valence-electron chi connectivity index (χ2n) is 5.58. The quantitative estimate of drug-likeness (QED) is 0.678. The molecule has 0 spiro atoms. The molecule has 0 aliphatic carbocycles. The van der Waals surface area contributed by atoms with Gasteiger partial charge in [-0.1, -0.05) is 30.3 Å². The largest absolute Gasteiger partial charge is 0.484 e. The Kier molecular flexibility index (Phi) is 5.52. The molecule has 0 fully saturated rings. The number of nitrogens with one attached hydrogen (secondary N) is 1. The minimum atomic E-state index is -0.281. The molecule has 120 valence electrons. The summed E-state index contributed by atoms with van der Waals surface area (Å²) < 4.78 is 5.48. The fraction of sp³-hybridized carbons (Fsp3) is 0.263. The first kappa shape index (κ1) is 16.7. The summed E-state index contributed by atoms with van der Waals surface area (Å²) >= 11 is 0. The van der Waals surface area contributed by atoms with E-state index >= 15 is 0 Å². The van der Waals surface area contributed by atoms with Crippen LogP contribution in [0.25, 0.3) is 0 Å². The van der Waals surface area contributed by atoms with Crippen LogP contribution < -0.4 is 10.2 Å². The second-order valence-corrected chi connectivity index (χ2v) is 5.58. The number of hydrogen-bond acceptors (Lipinski definition) is 3. The Bertz CT molecular complexity index is 736. The van der Waals surface area contributed by atoms with Crippen molar-refractivity contribution in [1.29, 1.82) is 0 Å². The molecule has 2 aromatic rings. The predicted molar refractivity (Wildman–Crippen MR) is 92.9 cm³/mol. The van der Waals surface area contributed by atoms with Gasteiger partial charge in [0.05, 0.1) is 5.71 Å². The zero-order valence-electron chi connectivity index (χ0n) is 14.0. The standard InChI is InChI=1S/C19H22N2O2/c1-13-9-10-17(11-15(13)3)23-12-19(22)21-20-16(4)18-8-6-5-7-14(18)2/h5-11H,12H2,1-4H3,(H,21,22)/b20-16-. The molecule has 0 aliphatic rings. The maximum Gasteiger partial charge on any atom is 0.277 e. The summed E-state index contributed by atoms with van der Waals surface area (Å²) in [5.41, 5.74) is 7.76. The Morgan fingerprint density at radius 3 is 2.48 bits per heavy atom. The minimum absolute atomic E-state index is 0.0624. The Morgan fingerprint density at radius 1 is 1.04 bits per heavy atom. The van der Waals surface area contributed by atoms with E-state index in [9.17, 15) is 4.79 Å². The van der Waals surface area contributed by atoms with Gasteiger partial charge in [0.15, 0.2) is 6.61 Å². The molecule has 0 saturated heterocycles. The summed E-state index contributed by atoms with van der Waals surface area (Å²) in [7, 11) is 0. The van der Waals surface area contributed by atoms with E-state index in [-0.39, 0.29) is 12.5 Å². The van der Waals surface area contributed by atoms with E-state index < -0.39 is 0 Å². The van der Waals surface area contributed by atoms with Crippen LogP contribution in [0, 0.1) is 20.8 Å². The molecule has 23 heavy (non-hydrogen) atoms. The molecule has 0 bridgehead atoms. The highest BCUT2D eigenvalue weighted by Gasteiger charge is 2.05. The van der Waals surface area contributed by atoms with Crippen LogP contribution in [0.5, 0.6) is 5.75 Å². The van der Waals surface area contributed by atoms with Gasteiger partial charge in [-0.2, -0.15) is 5.10 Å². The Morgan fingerprint density at radius 2 is 1.78 bits per heavy atom. The first-order chi connectivity index (χ1) is 11.0. The van der Waals surface area contributed by atoms with Crippen molar-refractivity contribution in [2.24, 2.45) is 5.10 Å². The smallest absolute Gasteiger partial charge is 0.277 e. The van der Waals surface area contributed by atoms with E-state index in [4.69, 9.17) is 4.74 Å². The third kappa shape index (κ3) is 4.68. The Labute approximate surface area is 137 Å². The van der Waals surface area contributed by atoms with Crippen molar-refractivity contribution in [3.05, 3.63) is 64.7 Å². The van der Waals surface area contributed by atoms with Crippen molar-refractivity contribution in [2.75, 3.05) is 6.61 Å². The molecule has 0 radical (unpaired) electrons. The van der Waals surface area contributed by atoms with E-state index in [2.05, 4.69) is 10.5 Å². The molecule has 1 N–H and O–H groups in total. The van der Waals surface area contributed by atoms with Crippen LogP contribution in [0.4, 0.5) is 0 Å². The van der Waals surface area contributed by atoms with E-state index in [0.29, 0.717) is 5.75 Å². The molecule has 0 atom stereocenters. The van der Waals surface area contributed by atoms with Crippen molar-refractivity contribution in [3.63, 3.8) is 0 Å². The lowest BCUT2D eigenvalue weighted by Crippen LogP contribution is -2.25. The van der Waals surface area contributed by atoms with E-state index in [0.717, 1.165) is 22.4 Å². The van der Waals surface area contributed by atoms with Crippen LogP contribution in [0.2, 0.25) is 0 Å². The molecular formula is C19H22N2O2. The van der Waals surface area contributed by atoms with Gasteiger partial charge in [0.25, 0.3) is 5.91 Å². The van der Waals surface area contributed by atoms with Gasteiger partial charge in [-0.15, -0.1) is 0 Å². The Balaban J connectivity index is 1.91. The third-order valence-electron chi connectivity index (χ3n) is 3.73. The molecule has 2 rings (SSSR count). The molecule has 0 heterocycles. The minimum Gasteiger partial charge on any atom is -0.484 e. The second kappa shape index (κ2) is 7.58. The van der Waals surface area contributed by atoms with Crippen LogP contribution in [0.3, 0.4) is 0 Å². The third-order valence-corrected chi connectivity index (χ3v) is 3.73. The molecule has 2 aromatic carbocycles. The van der Waals surface area contributed by atoms with Gasteiger partial charge >= 0.3 is 0 Å². The maximum absolute atomic E-state index is 11.8. The monoisotopic (exact) mass is 310 g/mol. The number of hydrogen-bond donors (Lipinski definition) is 1. The number of benzene rings is 2. The average molecular weight is 310 g/mol. The summed E-state index contributed by atoms with van der Waals surface area (Å²) in [6.07, 6.45) is 0. The first-order valence-electron chi connectivity index (χ1n) is 7.56. The summed E-state index contributed by atoms with van der Waals surface area (Å²) in [6, 6.07) is 13.7. The van der Waals surface area contributed by atoms with Crippen LogP contribution in [-0.2, 0) is 4.79 Å². The average Bonchev–Trinajstić information content (AvgIpc) is 2.54. The van der Waals surface area contributed by atoms with Crippen molar-refractivity contribution < 1.29 is 9.53 Å². The van der Waals surface area contributed by atoms with Gasteiger partial charge in [-0.05, 0) is 56.5 Å². The van der Waals surface area contributed by atoms with Gasteiger partial charge in [-0.3, -0.25) is 4.79 Å². The van der Waals surface area contributed by atoms with E-state index in [1.165, 1.54) is 5.56 Å². The van der Waals surface area contributed by atoms with E-state index in [1.807, 2.05) is 70.2 Å². The fourth-order valence-electron chi connectivity index (χ4n) is 2.17. The summed E-state index contributed by atoms with van der Waals surface area (Å²) in [5, 5.41) is 4.14. The summed E-state index contributed by atoms with van der Waals surface area (Å²) in [5.74, 6) is 0.402. The lowest BCUT2D eigenvalue weighted by atomic mass is 10.1. The van der Waals surface area contributed by atoms with E-state index in [1.54, 1.807) is 0 Å². The molecule has 0 aliphatic heterocycles. The zero-order chi connectivity index (χ0) is 16.8. The van der Waals surface area contributed by atoms with Crippen LogP contribution in [-0.4, -0.2) is 18.2 Å². The molecule has 1 amide bonds. The predicted octanol–water partition coefficient (Wildman–Crippen LogP) is 3.53. The van der Waals surface area contributed by atoms with Crippen molar-refractivity contribution in [3.8, 4) is 5.75 Å². The van der Waals surface area contributed by atoms with Crippen LogP contribution in [0.1, 0.15) is 29.2 Å². The summed E-state index contributed by atoms with van der Waals surface area (Å²) in [4.78, 5) is 11.8. The number of hydrazone groups is 1. The molecule has 0 saturated carbocycles. The van der Waals surface area contributed by atoms with Crippen LogP contribution in [0.15, 0.2) is 47.6 Å². The van der Waals surface area contributed by atoms with Crippen molar-refractivity contribution in [2.45, 2.75) is 27.7 Å².